The molecule has 0 atom stereocenters. The summed E-state index contributed by atoms with van der Waals surface area (Å²) in [6.45, 7) is 6.69. The molecule has 1 saturated heterocycles. The third-order valence-electron chi connectivity index (χ3n) is 3.89. The van der Waals surface area contributed by atoms with Crippen LogP contribution >= 0.6 is 0 Å². The van der Waals surface area contributed by atoms with Crippen LogP contribution in [0.25, 0.3) is 0 Å². The lowest BCUT2D eigenvalue weighted by Crippen LogP contribution is -2.51. The van der Waals surface area contributed by atoms with Gasteiger partial charge in [-0.05, 0) is 12.8 Å². The molecule has 1 aliphatic heterocycles. The van der Waals surface area contributed by atoms with E-state index in [1.807, 2.05) is 0 Å². The lowest BCUT2D eigenvalue weighted by atomic mass is 10.3. The summed E-state index contributed by atoms with van der Waals surface area (Å²) in [5.41, 5.74) is 0. The van der Waals surface area contributed by atoms with Crippen molar-refractivity contribution in [3.63, 3.8) is 0 Å². The van der Waals surface area contributed by atoms with Gasteiger partial charge in [-0.2, -0.15) is 0 Å². The standard InChI is InChI=1S/C16H32N4O4/c1-23-11-3-5-17-15(21)13-19-7-9-20(10-8-19)14-16(22)18-6-4-12-24-2/h3-14H2,1-2H3,(H,17,21)(H,18,22). The highest BCUT2D eigenvalue weighted by Crippen LogP contribution is 2.01. The highest BCUT2D eigenvalue weighted by Gasteiger charge is 2.20. The molecule has 8 nitrogen and oxygen atoms in total. The van der Waals surface area contributed by atoms with Gasteiger partial charge < -0.3 is 20.1 Å². The van der Waals surface area contributed by atoms with Gasteiger partial charge in [0.05, 0.1) is 13.1 Å². The SMILES string of the molecule is COCCCNC(=O)CN1CCN(CC(=O)NCCCOC)CC1. The van der Waals surface area contributed by atoms with E-state index in [0.717, 1.165) is 39.0 Å². The number of hydrogen-bond donors (Lipinski definition) is 2. The van der Waals surface area contributed by atoms with E-state index in [9.17, 15) is 9.59 Å². The van der Waals surface area contributed by atoms with E-state index in [2.05, 4.69) is 20.4 Å². The quantitative estimate of drug-likeness (QED) is 0.438. The predicted molar refractivity (Wildman–Crippen MR) is 91.9 cm³/mol. The van der Waals surface area contributed by atoms with Gasteiger partial charge in [0.2, 0.25) is 11.8 Å². The van der Waals surface area contributed by atoms with Crippen molar-refractivity contribution in [1.82, 2.24) is 20.4 Å². The third-order valence-corrected chi connectivity index (χ3v) is 3.89. The minimum Gasteiger partial charge on any atom is -0.385 e. The summed E-state index contributed by atoms with van der Waals surface area (Å²) in [6.07, 6.45) is 1.66. The molecule has 0 aromatic carbocycles. The zero-order valence-corrected chi connectivity index (χ0v) is 15.0. The Labute approximate surface area is 144 Å². The number of methoxy groups -OCH3 is 2. The van der Waals surface area contributed by atoms with E-state index < -0.39 is 0 Å². The molecule has 2 amide bonds. The molecule has 8 heteroatoms. The van der Waals surface area contributed by atoms with Crippen molar-refractivity contribution < 1.29 is 19.1 Å². The van der Waals surface area contributed by atoms with Crippen LogP contribution in [0.2, 0.25) is 0 Å². The molecule has 0 aliphatic carbocycles. The van der Waals surface area contributed by atoms with Gasteiger partial charge in [0, 0.05) is 66.7 Å². The first-order valence-corrected chi connectivity index (χ1v) is 8.61. The Hall–Kier alpha value is -1.22. The lowest BCUT2D eigenvalue weighted by Gasteiger charge is -2.33. The maximum absolute atomic E-state index is 11.8. The number of carbonyl (C=O) groups is 2. The summed E-state index contributed by atoms with van der Waals surface area (Å²) in [4.78, 5) is 27.9. The Morgan fingerprint density at radius 3 is 1.50 bits per heavy atom. The van der Waals surface area contributed by atoms with E-state index >= 15 is 0 Å². The average molecular weight is 344 g/mol. The fourth-order valence-electron chi connectivity index (χ4n) is 2.51. The number of nitrogens with zero attached hydrogens (tertiary/aromatic N) is 2. The first-order valence-electron chi connectivity index (χ1n) is 8.61. The predicted octanol–water partition coefficient (Wildman–Crippen LogP) is -1.09. The van der Waals surface area contributed by atoms with Gasteiger partial charge in [0.15, 0.2) is 0 Å². The molecule has 0 spiro atoms. The zero-order chi connectivity index (χ0) is 17.6. The van der Waals surface area contributed by atoms with E-state index in [4.69, 9.17) is 9.47 Å². The van der Waals surface area contributed by atoms with Crippen LogP contribution in [-0.4, -0.2) is 101 Å². The Morgan fingerprint density at radius 1 is 0.792 bits per heavy atom. The molecule has 0 aromatic rings. The number of nitrogens with one attached hydrogen (secondary N) is 2. The molecule has 0 aromatic heterocycles. The van der Waals surface area contributed by atoms with Crippen LogP contribution in [0, 0.1) is 0 Å². The highest BCUT2D eigenvalue weighted by molar-refractivity contribution is 5.78. The molecular formula is C16H32N4O4. The maximum atomic E-state index is 11.8. The largest absolute Gasteiger partial charge is 0.385 e. The molecule has 24 heavy (non-hydrogen) atoms. The van der Waals surface area contributed by atoms with Crippen LogP contribution in [-0.2, 0) is 19.1 Å². The van der Waals surface area contributed by atoms with Gasteiger partial charge in [-0.25, -0.2) is 0 Å². The highest BCUT2D eigenvalue weighted by atomic mass is 16.5. The molecule has 1 fully saturated rings. The van der Waals surface area contributed by atoms with Gasteiger partial charge in [-0.15, -0.1) is 0 Å². The van der Waals surface area contributed by atoms with Crippen LogP contribution in [0.4, 0.5) is 0 Å². The molecule has 2 N–H and O–H groups in total. The normalized spacial score (nSPS) is 16.1. The Kier molecular flexibility index (Phi) is 11.4. The smallest absolute Gasteiger partial charge is 0.234 e. The fourth-order valence-corrected chi connectivity index (χ4v) is 2.51. The zero-order valence-electron chi connectivity index (χ0n) is 15.0. The summed E-state index contributed by atoms with van der Waals surface area (Å²) in [6, 6.07) is 0. The lowest BCUT2D eigenvalue weighted by molar-refractivity contribution is -0.125. The summed E-state index contributed by atoms with van der Waals surface area (Å²) in [5.74, 6) is 0.103. The molecule has 0 unspecified atom stereocenters. The van der Waals surface area contributed by atoms with Gasteiger partial charge in [0.1, 0.15) is 0 Å². The molecule has 0 radical (unpaired) electrons. The molecule has 0 bridgehead atoms. The summed E-state index contributed by atoms with van der Waals surface area (Å²) in [7, 11) is 3.31. The second kappa shape index (κ2) is 13.1. The second-order valence-electron chi connectivity index (χ2n) is 5.94. The molecule has 1 rings (SSSR count). The monoisotopic (exact) mass is 344 g/mol. The summed E-state index contributed by atoms with van der Waals surface area (Å²) in [5, 5.41) is 5.79. The summed E-state index contributed by atoms with van der Waals surface area (Å²) < 4.78 is 9.90. The minimum absolute atomic E-state index is 0.0513. The van der Waals surface area contributed by atoms with Crippen molar-refractivity contribution in [3.8, 4) is 0 Å². The number of amides is 2. The second-order valence-corrected chi connectivity index (χ2v) is 5.94. The number of carbonyl (C=O) groups excluding carboxylic acids is 2. The topological polar surface area (TPSA) is 83.1 Å². The van der Waals surface area contributed by atoms with Crippen LogP contribution in [0.15, 0.2) is 0 Å². The number of ether oxygens (including phenoxy) is 2. The van der Waals surface area contributed by atoms with Crippen molar-refractivity contribution in [3.05, 3.63) is 0 Å². The fraction of sp³-hybridized carbons (Fsp3) is 0.875. The minimum atomic E-state index is 0.0513. The van der Waals surface area contributed by atoms with Crippen molar-refractivity contribution in [2.24, 2.45) is 0 Å². The maximum Gasteiger partial charge on any atom is 0.234 e. The summed E-state index contributed by atoms with van der Waals surface area (Å²) >= 11 is 0. The molecule has 0 saturated carbocycles. The molecule has 1 aliphatic rings. The van der Waals surface area contributed by atoms with E-state index in [-0.39, 0.29) is 11.8 Å². The van der Waals surface area contributed by atoms with Gasteiger partial charge >= 0.3 is 0 Å². The van der Waals surface area contributed by atoms with Crippen molar-refractivity contribution >= 4 is 11.8 Å². The average Bonchev–Trinajstić information content (AvgIpc) is 2.57. The van der Waals surface area contributed by atoms with Crippen molar-refractivity contribution in [2.75, 3.05) is 79.8 Å². The van der Waals surface area contributed by atoms with Gasteiger partial charge in [-0.1, -0.05) is 0 Å². The van der Waals surface area contributed by atoms with E-state index in [1.54, 1.807) is 14.2 Å². The Morgan fingerprint density at radius 2 is 1.17 bits per heavy atom. The first kappa shape index (κ1) is 20.8. The van der Waals surface area contributed by atoms with Crippen LogP contribution in [0.1, 0.15) is 12.8 Å². The van der Waals surface area contributed by atoms with Crippen LogP contribution < -0.4 is 10.6 Å². The Bertz CT molecular complexity index is 326. The third kappa shape index (κ3) is 9.82. The van der Waals surface area contributed by atoms with E-state index in [0.29, 0.717) is 39.4 Å². The van der Waals surface area contributed by atoms with Crippen LogP contribution in [0.5, 0.6) is 0 Å². The number of piperazine rings is 1. The van der Waals surface area contributed by atoms with E-state index in [1.165, 1.54) is 0 Å². The number of rotatable bonds is 12. The molecular weight excluding hydrogens is 312 g/mol. The Balaban J connectivity index is 2.08. The van der Waals surface area contributed by atoms with Crippen molar-refractivity contribution in [1.29, 1.82) is 0 Å². The van der Waals surface area contributed by atoms with Gasteiger partial charge in [-0.3, -0.25) is 19.4 Å². The van der Waals surface area contributed by atoms with Crippen molar-refractivity contribution in [2.45, 2.75) is 12.8 Å². The molecule has 140 valence electrons. The number of hydrogen-bond acceptors (Lipinski definition) is 6. The van der Waals surface area contributed by atoms with Gasteiger partial charge in [0.25, 0.3) is 0 Å². The van der Waals surface area contributed by atoms with Crippen LogP contribution in [0.3, 0.4) is 0 Å². The first-order chi connectivity index (χ1) is 11.7. The molecule has 1 heterocycles.